The van der Waals surface area contributed by atoms with Gasteiger partial charge < -0.3 is 20.5 Å². The van der Waals surface area contributed by atoms with Crippen molar-refractivity contribution in [1.82, 2.24) is 5.32 Å². The van der Waals surface area contributed by atoms with Crippen molar-refractivity contribution in [3.8, 4) is 11.5 Å². The SMILES string of the molecule is COc1cc(CNC(=O)C2C3CCC(C3)C2N)ccc1OCCC(C)C.Cl. The van der Waals surface area contributed by atoms with E-state index in [0.29, 0.717) is 36.7 Å². The van der Waals surface area contributed by atoms with Crippen molar-refractivity contribution in [2.24, 2.45) is 29.4 Å². The van der Waals surface area contributed by atoms with Gasteiger partial charge in [-0.05, 0) is 61.1 Å². The third-order valence-corrected chi connectivity index (χ3v) is 5.93. The van der Waals surface area contributed by atoms with Crippen LogP contribution in [0.3, 0.4) is 0 Å². The first-order valence-corrected chi connectivity index (χ1v) is 9.82. The summed E-state index contributed by atoms with van der Waals surface area (Å²) in [4.78, 5) is 12.6. The third-order valence-electron chi connectivity index (χ3n) is 5.93. The fourth-order valence-corrected chi connectivity index (χ4v) is 4.38. The monoisotopic (exact) mass is 396 g/mol. The zero-order valence-corrected chi connectivity index (χ0v) is 17.4. The largest absolute Gasteiger partial charge is 0.493 e. The van der Waals surface area contributed by atoms with E-state index in [9.17, 15) is 4.79 Å². The number of benzene rings is 1. The molecule has 5 nitrogen and oxygen atoms in total. The summed E-state index contributed by atoms with van der Waals surface area (Å²) in [7, 11) is 1.64. The van der Waals surface area contributed by atoms with Crippen LogP contribution in [0.5, 0.6) is 11.5 Å². The van der Waals surface area contributed by atoms with Crippen LogP contribution in [0.4, 0.5) is 0 Å². The Labute approximate surface area is 168 Å². The number of halogens is 1. The molecule has 0 aromatic heterocycles. The molecule has 0 saturated heterocycles. The summed E-state index contributed by atoms with van der Waals surface area (Å²) in [5.41, 5.74) is 7.27. The Hall–Kier alpha value is -1.46. The van der Waals surface area contributed by atoms with Gasteiger partial charge in [-0.15, -0.1) is 12.4 Å². The van der Waals surface area contributed by atoms with Gasteiger partial charge in [0.15, 0.2) is 11.5 Å². The Balaban J connectivity index is 0.00000261. The first-order chi connectivity index (χ1) is 12.5. The molecule has 0 heterocycles. The minimum atomic E-state index is -0.0192. The van der Waals surface area contributed by atoms with Crippen molar-refractivity contribution >= 4 is 18.3 Å². The lowest BCUT2D eigenvalue weighted by Crippen LogP contribution is -2.45. The van der Waals surface area contributed by atoms with Gasteiger partial charge in [-0.25, -0.2) is 0 Å². The summed E-state index contributed by atoms with van der Waals surface area (Å²) in [6, 6.07) is 5.86. The Morgan fingerprint density at radius 3 is 2.63 bits per heavy atom. The highest BCUT2D eigenvalue weighted by molar-refractivity contribution is 5.85. The molecule has 4 unspecified atom stereocenters. The molecule has 6 heteroatoms. The van der Waals surface area contributed by atoms with Crippen molar-refractivity contribution in [3.05, 3.63) is 23.8 Å². The van der Waals surface area contributed by atoms with E-state index in [0.717, 1.165) is 30.6 Å². The molecule has 2 aliphatic carbocycles. The maximum atomic E-state index is 12.6. The quantitative estimate of drug-likeness (QED) is 0.704. The van der Waals surface area contributed by atoms with Gasteiger partial charge in [-0.2, -0.15) is 0 Å². The average molecular weight is 397 g/mol. The molecule has 152 valence electrons. The summed E-state index contributed by atoms with van der Waals surface area (Å²) < 4.78 is 11.3. The first kappa shape index (κ1) is 21.8. The lowest BCUT2D eigenvalue weighted by Gasteiger charge is -2.27. The highest BCUT2D eigenvalue weighted by atomic mass is 35.5. The molecule has 4 atom stereocenters. The number of amides is 1. The Morgan fingerprint density at radius 1 is 1.26 bits per heavy atom. The van der Waals surface area contributed by atoms with Crippen LogP contribution in [-0.2, 0) is 11.3 Å². The van der Waals surface area contributed by atoms with Gasteiger partial charge >= 0.3 is 0 Å². The number of carbonyl (C=O) groups excluding carboxylic acids is 1. The number of hydrogen-bond acceptors (Lipinski definition) is 4. The zero-order chi connectivity index (χ0) is 18.7. The predicted octanol–water partition coefficient (Wildman–Crippen LogP) is 3.53. The van der Waals surface area contributed by atoms with Gasteiger partial charge in [0, 0.05) is 12.6 Å². The van der Waals surface area contributed by atoms with Gasteiger partial charge in [0.1, 0.15) is 0 Å². The number of hydrogen-bond donors (Lipinski definition) is 2. The Morgan fingerprint density at radius 2 is 2.00 bits per heavy atom. The number of methoxy groups -OCH3 is 1. The number of fused-ring (bicyclic) bond motifs is 2. The molecule has 1 aromatic carbocycles. The van der Waals surface area contributed by atoms with Crippen LogP contribution in [0, 0.1) is 23.7 Å². The highest BCUT2D eigenvalue weighted by Crippen LogP contribution is 2.47. The van der Waals surface area contributed by atoms with Crippen LogP contribution >= 0.6 is 12.4 Å². The Kier molecular flexibility index (Phi) is 7.80. The minimum Gasteiger partial charge on any atom is -0.493 e. The summed E-state index contributed by atoms with van der Waals surface area (Å²) in [5, 5.41) is 3.07. The fraction of sp³-hybridized carbons (Fsp3) is 0.667. The van der Waals surface area contributed by atoms with E-state index in [-0.39, 0.29) is 30.3 Å². The second kappa shape index (κ2) is 9.65. The van der Waals surface area contributed by atoms with Crippen molar-refractivity contribution < 1.29 is 14.3 Å². The van der Waals surface area contributed by atoms with Crippen LogP contribution in [-0.4, -0.2) is 25.7 Å². The molecule has 0 aliphatic heterocycles. The summed E-state index contributed by atoms with van der Waals surface area (Å²) >= 11 is 0. The molecule has 0 radical (unpaired) electrons. The first-order valence-electron chi connectivity index (χ1n) is 9.82. The van der Waals surface area contributed by atoms with Gasteiger partial charge in [0.2, 0.25) is 5.91 Å². The standard InChI is InChI=1S/C21H32N2O3.ClH/c1-13(2)8-9-26-17-7-4-14(10-18(17)25-3)12-23-21(24)19-15-5-6-16(11-15)20(19)22;/h4,7,10,13,15-16,19-20H,5-6,8-9,11-12,22H2,1-3H3,(H,23,24);1H. The van der Waals surface area contributed by atoms with Crippen LogP contribution in [0.2, 0.25) is 0 Å². The van der Waals surface area contributed by atoms with Crippen LogP contribution in [0.15, 0.2) is 18.2 Å². The number of nitrogens with one attached hydrogen (secondary N) is 1. The lowest BCUT2D eigenvalue weighted by molar-refractivity contribution is -0.127. The smallest absolute Gasteiger partial charge is 0.225 e. The summed E-state index contributed by atoms with van der Waals surface area (Å²) in [6.45, 7) is 5.51. The zero-order valence-electron chi connectivity index (χ0n) is 16.6. The maximum Gasteiger partial charge on any atom is 0.225 e. The molecular formula is C21H33ClN2O3. The Bertz CT molecular complexity index is 636. The summed E-state index contributed by atoms with van der Waals surface area (Å²) in [5.74, 6) is 3.15. The fourth-order valence-electron chi connectivity index (χ4n) is 4.38. The predicted molar refractivity (Wildman–Crippen MR) is 109 cm³/mol. The minimum absolute atomic E-state index is 0. The third kappa shape index (κ3) is 5.08. The number of carbonyl (C=O) groups is 1. The molecule has 2 fully saturated rings. The molecular weight excluding hydrogens is 364 g/mol. The van der Waals surface area contributed by atoms with Crippen molar-refractivity contribution in [2.75, 3.05) is 13.7 Å². The van der Waals surface area contributed by atoms with Gasteiger partial charge in [-0.1, -0.05) is 19.9 Å². The molecule has 2 saturated carbocycles. The van der Waals surface area contributed by atoms with Gasteiger partial charge in [-0.3, -0.25) is 4.79 Å². The van der Waals surface area contributed by atoms with Crippen molar-refractivity contribution in [3.63, 3.8) is 0 Å². The topological polar surface area (TPSA) is 73.6 Å². The molecule has 3 N–H and O–H groups in total. The molecule has 1 aromatic rings. The van der Waals surface area contributed by atoms with E-state index in [1.165, 1.54) is 6.42 Å². The van der Waals surface area contributed by atoms with Gasteiger partial charge in [0.05, 0.1) is 19.6 Å². The number of ether oxygens (including phenoxy) is 2. The average Bonchev–Trinajstić information content (AvgIpc) is 3.21. The molecule has 2 aliphatic rings. The molecule has 2 bridgehead atoms. The second-order valence-electron chi connectivity index (χ2n) is 8.17. The van der Waals surface area contributed by atoms with E-state index in [1.54, 1.807) is 7.11 Å². The highest BCUT2D eigenvalue weighted by Gasteiger charge is 2.48. The molecule has 0 spiro atoms. The van der Waals surface area contributed by atoms with Gasteiger partial charge in [0.25, 0.3) is 0 Å². The van der Waals surface area contributed by atoms with Crippen molar-refractivity contribution in [2.45, 2.75) is 52.1 Å². The molecule has 3 rings (SSSR count). The van der Waals surface area contributed by atoms with E-state index in [4.69, 9.17) is 15.2 Å². The van der Waals surface area contributed by atoms with Crippen LogP contribution < -0.4 is 20.5 Å². The summed E-state index contributed by atoms with van der Waals surface area (Å²) in [6.07, 6.45) is 4.46. The molecule has 27 heavy (non-hydrogen) atoms. The van der Waals surface area contributed by atoms with Crippen LogP contribution in [0.1, 0.15) is 45.1 Å². The number of nitrogens with two attached hydrogens (primary N) is 1. The molecule has 1 amide bonds. The maximum absolute atomic E-state index is 12.6. The van der Waals surface area contributed by atoms with E-state index in [1.807, 2.05) is 18.2 Å². The second-order valence-corrected chi connectivity index (χ2v) is 8.17. The van der Waals surface area contributed by atoms with E-state index in [2.05, 4.69) is 19.2 Å². The van der Waals surface area contributed by atoms with E-state index < -0.39 is 0 Å². The van der Waals surface area contributed by atoms with Crippen LogP contribution in [0.25, 0.3) is 0 Å². The van der Waals surface area contributed by atoms with Crippen molar-refractivity contribution in [1.29, 1.82) is 0 Å². The van der Waals surface area contributed by atoms with E-state index >= 15 is 0 Å². The lowest BCUT2D eigenvalue weighted by atomic mass is 9.84. The number of rotatable bonds is 8. The normalized spacial score (nSPS) is 26.0.